The van der Waals surface area contributed by atoms with Gasteiger partial charge in [0.1, 0.15) is 5.75 Å². The van der Waals surface area contributed by atoms with Crippen molar-refractivity contribution in [1.29, 1.82) is 0 Å². The molecular formula is C34H43ClN2O5S. The second-order valence-electron chi connectivity index (χ2n) is 13.2. The van der Waals surface area contributed by atoms with Gasteiger partial charge in [0.2, 0.25) is 10.0 Å². The smallest absolute Gasteiger partial charge is 0.264 e. The van der Waals surface area contributed by atoms with E-state index < -0.39 is 27.3 Å². The number of aliphatic hydroxyl groups is 1. The number of nitrogens with zero attached hydrogens (tertiary/aromatic N) is 1. The minimum absolute atomic E-state index is 0.127. The molecule has 2 aliphatic heterocycles. The predicted molar refractivity (Wildman–Crippen MR) is 170 cm³/mol. The average molecular weight is 627 g/mol. The van der Waals surface area contributed by atoms with Crippen molar-refractivity contribution < 1.29 is 23.1 Å². The van der Waals surface area contributed by atoms with Crippen LogP contribution in [0, 0.1) is 17.8 Å². The largest absolute Gasteiger partial charge is 0.490 e. The number of hydrogen-bond donors (Lipinski definition) is 2. The van der Waals surface area contributed by atoms with Crippen LogP contribution in [0.25, 0.3) is 0 Å². The molecule has 6 rings (SSSR count). The topological polar surface area (TPSA) is 95.9 Å². The number of amides is 1. The van der Waals surface area contributed by atoms with Crippen molar-refractivity contribution in [3.8, 4) is 5.75 Å². The Hall–Kier alpha value is -2.55. The Bertz CT molecular complexity index is 1510. The Morgan fingerprint density at radius 3 is 2.79 bits per heavy atom. The van der Waals surface area contributed by atoms with Gasteiger partial charge in [-0.2, -0.15) is 0 Å². The van der Waals surface area contributed by atoms with E-state index in [0.717, 1.165) is 49.4 Å². The van der Waals surface area contributed by atoms with Gasteiger partial charge < -0.3 is 14.7 Å². The fourth-order valence-corrected chi connectivity index (χ4v) is 9.82. The Morgan fingerprint density at radius 1 is 1.19 bits per heavy atom. The van der Waals surface area contributed by atoms with Crippen molar-refractivity contribution in [3.63, 3.8) is 0 Å². The molecule has 7 nitrogen and oxygen atoms in total. The number of halogens is 1. The summed E-state index contributed by atoms with van der Waals surface area (Å²) in [5.74, 6) is 0.271. The molecule has 0 aromatic heterocycles. The number of rotatable bonds is 2. The van der Waals surface area contributed by atoms with Crippen LogP contribution in [0.2, 0.25) is 5.02 Å². The van der Waals surface area contributed by atoms with Gasteiger partial charge >= 0.3 is 0 Å². The van der Waals surface area contributed by atoms with E-state index in [1.807, 2.05) is 32.1 Å². The Labute approximate surface area is 260 Å². The molecule has 0 saturated heterocycles. The van der Waals surface area contributed by atoms with Crippen LogP contribution in [0.4, 0.5) is 5.69 Å². The Morgan fingerprint density at radius 2 is 2.02 bits per heavy atom. The molecule has 2 aromatic rings. The molecule has 1 spiro atoms. The second-order valence-corrected chi connectivity index (χ2v) is 15.6. The molecule has 1 unspecified atom stereocenters. The van der Waals surface area contributed by atoms with Gasteiger partial charge in [0.15, 0.2) is 0 Å². The highest BCUT2D eigenvalue weighted by atomic mass is 35.5. The number of ether oxygens (including phenoxy) is 1. The highest BCUT2D eigenvalue weighted by Gasteiger charge is 2.44. The summed E-state index contributed by atoms with van der Waals surface area (Å²) in [6.45, 7) is 5.77. The quantitative estimate of drug-likeness (QED) is 0.396. The number of carbonyl (C=O) groups is 1. The van der Waals surface area contributed by atoms with Crippen molar-refractivity contribution in [2.75, 3.05) is 24.6 Å². The molecule has 9 heteroatoms. The number of nitrogens with one attached hydrogen (secondary N) is 1. The van der Waals surface area contributed by atoms with Gasteiger partial charge in [-0.05, 0) is 104 Å². The minimum atomic E-state index is -3.93. The van der Waals surface area contributed by atoms with Crippen molar-refractivity contribution in [1.82, 2.24) is 4.72 Å². The molecule has 43 heavy (non-hydrogen) atoms. The molecular weight excluding hydrogens is 584 g/mol. The zero-order chi connectivity index (χ0) is 30.4. The lowest BCUT2D eigenvalue weighted by molar-refractivity contribution is 0.0455. The number of aryl methyl sites for hydroxylation is 1. The highest BCUT2D eigenvalue weighted by Crippen LogP contribution is 2.46. The third kappa shape index (κ3) is 5.95. The predicted octanol–water partition coefficient (Wildman–Crippen LogP) is 6.02. The fraction of sp³-hybridized carbons (Fsp3) is 0.559. The molecule has 2 aromatic carbocycles. The van der Waals surface area contributed by atoms with Crippen LogP contribution in [-0.4, -0.2) is 50.5 Å². The maximum Gasteiger partial charge on any atom is 0.264 e. The van der Waals surface area contributed by atoms with Gasteiger partial charge in [-0.25, -0.2) is 13.1 Å². The van der Waals surface area contributed by atoms with Crippen LogP contribution >= 0.6 is 11.6 Å². The monoisotopic (exact) mass is 626 g/mol. The average Bonchev–Trinajstić information content (AvgIpc) is 3.10. The summed E-state index contributed by atoms with van der Waals surface area (Å²) in [5.41, 5.74) is 3.35. The van der Waals surface area contributed by atoms with Crippen molar-refractivity contribution in [2.24, 2.45) is 17.8 Å². The number of anilines is 1. The van der Waals surface area contributed by atoms with E-state index in [-0.39, 0.29) is 23.2 Å². The minimum Gasteiger partial charge on any atom is -0.490 e. The van der Waals surface area contributed by atoms with Crippen LogP contribution in [0.3, 0.4) is 0 Å². The molecule has 232 valence electrons. The van der Waals surface area contributed by atoms with E-state index in [9.17, 15) is 18.3 Å². The summed E-state index contributed by atoms with van der Waals surface area (Å²) >= 11 is 6.39. The summed E-state index contributed by atoms with van der Waals surface area (Å²) in [5, 5.41) is 11.2. The standard InChI is InChI=1S/C34H43ClN2O5S/c1-3-6-32-22(2)7-4-9-30(38)27-13-10-25(27)19-37-20-34(16-5-8-23-17-26(35)12-14-28(23)34)21-42-31-15-11-24(18-29(31)37)33(39)36-43(32,40)41/h4,9,11-12,14-15,17-18,22,25,27,30,32,38H,3,5-8,10,13,16,19-21H2,1-2H3,(H,36,39)/b9-4+/t22-,25+,27-,30+,32?,34+/m1/s1. The fourth-order valence-electron chi connectivity index (χ4n) is 7.83. The highest BCUT2D eigenvalue weighted by molar-refractivity contribution is 7.90. The van der Waals surface area contributed by atoms with E-state index in [4.69, 9.17) is 16.3 Å². The summed E-state index contributed by atoms with van der Waals surface area (Å²) in [4.78, 5) is 15.8. The SMILES string of the molecule is CCCC1[C@H](C)C/C=C/[C@H](O)[C@@H]2CC[C@H]2CN2C[C@@]3(CCCc4cc(Cl)ccc43)COc3ccc(cc32)C(=O)NS1(=O)=O. The second kappa shape index (κ2) is 12.1. The maximum absolute atomic E-state index is 13.5. The molecule has 6 atom stereocenters. The van der Waals surface area contributed by atoms with Gasteiger partial charge in [0.05, 0.1) is 23.6 Å². The first-order chi connectivity index (χ1) is 20.6. The number of fused-ring (bicyclic) bond motifs is 4. The van der Waals surface area contributed by atoms with E-state index >= 15 is 0 Å². The van der Waals surface area contributed by atoms with Crippen LogP contribution in [-0.2, 0) is 21.9 Å². The van der Waals surface area contributed by atoms with Gasteiger partial charge in [-0.3, -0.25) is 4.79 Å². The molecule has 4 aliphatic rings. The van der Waals surface area contributed by atoms with Gasteiger partial charge in [0.25, 0.3) is 5.91 Å². The first-order valence-corrected chi connectivity index (χ1v) is 17.7. The lowest BCUT2D eigenvalue weighted by Gasteiger charge is -2.45. The van der Waals surface area contributed by atoms with Crippen molar-refractivity contribution in [3.05, 3.63) is 70.3 Å². The van der Waals surface area contributed by atoms with E-state index in [1.165, 1.54) is 11.1 Å². The first kappa shape index (κ1) is 30.5. The summed E-state index contributed by atoms with van der Waals surface area (Å²) in [6.07, 6.45) is 9.79. The van der Waals surface area contributed by atoms with Gasteiger partial charge in [-0.1, -0.05) is 50.1 Å². The van der Waals surface area contributed by atoms with E-state index in [2.05, 4.69) is 21.8 Å². The number of sulfonamides is 1. The van der Waals surface area contributed by atoms with Gasteiger partial charge in [-0.15, -0.1) is 0 Å². The summed E-state index contributed by atoms with van der Waals surface area (Å²) < 4.78 is 36.0. The Balaban J connectivity index is 1.42. The third-order valence-electron chi connectivity index (χ3n) is 10.4. The first-order valence-electron chi connectivity index (χ1n) is 15.8. The molecule has 2 heterocycles. The molecule has 0 radical (unpaired) electrons. The van der Waals surface area contributed by atoms with Crippen LogP contribution in [0.1, 0.15) is 80.3 Å². The molecule has 2 aliphatic carbocycles. The van der Waals surface area contributed by atoms with Crippen LogP contribution in [0.15, 0.2) is 48.6 Å². The van der Waals surface area contributed by atoms with Crippen LogP contribution in [0.5, 0.6) is 5.75 Å². The molecule has 2 bridgehead atoms. The zero-order valence-corrected chi connectivity index (χ0v) is 26.7. The maximum atomic E-state index is 13.5. The molecule has 2 N–H and O–H groups in total. The van der Waals surface area contributed by atoms with E-state index in [0.29, 0.717) is 43.7 Å². The molecule has 1 saturated carbocycles. The summed E-state index contributed by atoms with van der Waals surface area (Å²) in [7, 11) is -3.93. The lowest BCUT2D eigenvalue weighted by Crippen LogP contribution is -2.49. The third-order valence-corrected chi connectivity index (χ3v) is 12.6. The van der Waals surface area contributed by atoms with Crippen molar-refractivity contribution in [2.45, 2.75) is 82.0 Å². The Kier molecular flexibility index (Phi) is 8.57. The van der Waals surface area contributed by atoms with Crippen molar-refractivity contribution >= 4 is 33.2 Å². The number of carbonyl (C=O) groups excluding carboxylic acids is 1. The number of hydrogen-bond acceptors (Lipinski definition) is 6. The normalized spacial score (nSPS) is 32.8. The zero-order valence-electron chi connectivity index (χ0n) is 25.1. The molecule has 1 amide bonds. The van der Waals surface area contributed by atoms with E-state index in [1.54, 1.807) is 18.2 Å². The van der Waals surface area contributed by atoms with Crippen LogP contribution < -0.4 is 14.4 Å². The van der Waals surface area contributed by atoms with Gasteiger partial charge in [0, 0.05) is 29.1 Å². The molecule has 1 fully saturated rings. The number of aliphatic hydroxyl groups excluding tert-OH is 1. The lowest BCUT2D eigenvalue weighted by atomic mass is 9.68. The number of benzene rings is 2. The summed E-state index contributed by atoms with van der Waals surface area (Å²) in [6, 6.07) is 11.4. The number of allylic oxidation sites excluding steroid dienone is 1.